The minimum Gasteiger partial charge on any atom is -0.408 e. The average molecular weight is 483 g/mol. The molecule has 0 radical (unpaired) electrons. The fourth-order valence-electron chi connectivity index (χ4n) is 3.02. The summed E-state index contributed by atoms with van der Waals surface area (Å²) in [5.41, 5.74) is 1.13. The Morgan fingerprint density at radius 2 is 1.69 bits per heavy atom. The Morgan fingerprint density at radius 3 is 2.34 bits per heavy atom. The van der Waals surface area contributed by atoms with E-state index in [4.69, 9.17) is 4.42 Å². The van der Waals surface area contributed by atoms with Crippen LogP contribution in [0.15, 0.2) is 55.4 Å². The maximum atomic E-state index is 13.1. The number of anilines is 2. The van der Waals surface area contributed by atoms with Gasteiger partial charge in [-0.1, -0.05) is 13.3 Å². The van der Waals surface area contributed by atoms with Gasteiger partial charge in [0.1, 0.15) is 0 Å². The Bertz CT molecular complexity index is 1410. The molecule has 0 unspecified atom stereocenters. The number of benzene rings is 2. The van der Waals surface area contributed by atoms with Gasteiger partial charge in [-0.15, -0.1) is 0 Å². The molecule has 0 aliphatic heterocycles. The third-order valence-corrected chi connectivity index (χ3v) is 8.11. The van der Waals surface area contributed by atoms with Crippen LogP contribution in [0.3, 0.4) is 0 Å². The molecule has 0 atom stereocenters. The predicted molar refractivity (Wildman–Crippen MR) is 123 cm³/mol. The van der Waals surface area contributed by atoms with Crippen molar-refractivity contribution in [2.75, 3.05) is 30.7 Å². The van der Waals surface area contributed by atoms with Crippen molar-refractivity contribution in [1.82, 2.24) is 8.87 Å². The minimum atomic E-state index is -4.11. The molecule has 10 nitrogen and oxygen atoms in total. The normalized spacial score (nSPS) is 12.4. The average Bonchev–Trinajstić information content (AvgIpc) is 3.02. The van der Waals surface area contributed by atoms with Gasteiger partial charge in [0.2, 0.25) is 10.0 Å². The van der Waals surface area contributed by atoms with Crippen molar-refractivity contribution in [3.8, 4) is 0 Å². The molecule has 0 saturated heterocycles. The van der Waals surface area contributed by atoms with E-state index in [2.05, 4.69) is 10.0 Å². The maximum Gasteiger partial charge on any atom is 0.419 e. The molecule has 0 aliphatic carbocycles. The van der Waals surface area contributed by atoms with Gasteiger partial charge in [0.15, 0.2) is 5.58 Å². The molecule has 0 fully saturated rings. The smallest absolute Gasteiger partial charge is 0.408 e. The van der Waals surface area contributed by atoms with Crippen molar-refractivity contribution in [3.63, 3.8) is 0 Å². The van der Waals surface area contributed by atoms with E-state index in [-0.39, 0.29) is 21.1 Å². The summed E-state index contributed by atoms with van der Waals surface area (Å²) in [5, 5.41) is 3.14. The molecular weight excluding hydrogens is 456 g/mol. The topological polar surface area (TPSA) is 131 Å². The van der Waals surface area contributed by atoms with Gasteiger partial charge in [0.05, 0.1) is 26.7 Å². The van der Waals surface area contributed by atoms with Crippen molar-refractivity contribution in [3.05, 3.63) is 46.9 Å². The Kier molecular flexibility index (Phi) is 6.67. The number of fused-ring (bicyclic) bond motifs is 1. The quantitative estimate of drug-likeness (QED) is 0.448. The Balaban J connectivity index is 2.05. The zero-order valence-corrected chi connectivity index (χ0v) is 19.9. The fourth-order valence-corrected chi connectivity index (χ4v) is 5.03. The highest BCUT2D eigenvalue weighted by Gasteiger charge is 2.22. The first-order chi connectivity index (χ1) is 15.0. The van der Waals surface area contributed by atoms with Crippen molar-refractivity contribution >= 4 is 42.5 Å². The Morgan fingerprint density at radius 1 is 1.00 bits per heavy atom. The zero-order chi connectivity index (χ0) is 23.7. The summed E-state index contributed by atoms with van der Waals surface area (Å²) < 4.78 is 61.2. The number of nitrogens with zero attached hydrogens (tertiary/aromatic N) is 2. The van der Waals surface area contributed by atoms with Gasteiger partial charge < -0.3 is 9.73 Å². The lowest BCUT2D eigenvalue weighted by Crippen LogP contribution is -2.23. The van der Waals surface area contributed by atoms with Gasteiger partial charge in [-0.2, -0.15) is 0 Å². The van der Waals surface area contributed by atoms with Crippen LogP contribution < -0.4 is 15.8 Å². The van der Waals surface area contributed by atoms with Crippen molar-refractivity contribution in [2.45, 2.75) is 29.6 Å². The number of sulfonamides is 2. The molecule has 32 heavy (non-hydrogen) atoms. The van der Waals surface area contributed by atoms with Gasteiger partial charge in [-0.3, -0.25) is 9.29 Å². The second-order valence-corrected chi connectivity index (χ2v) is 11.3. The largest absolute Gasteiger partial charge is 0.419 e. The van der Waals surface area contributed by atoms with Crippen LogP contribution in [0.25, 0.3) is 11.1 Å². The van der Waals surface area contributed by atoms with Crippen molar-refractivity contribution in [2.24, 2.45) is 7.05 Å². The molecule has 0 saturated carbocycles. The van der Waals surface area contributed by atoms with Crippen LogP contribution in [0, 0.1) is 0 Å². The lowest BCUT2D eigenvalue weighted by atomic mass is 10.2. The Labute approximate surface area is 186 Å². The highest BCUT2D eigenvalue weighted by atomic mass is 32.2. The first kappa shape index (κ1) is 23.8. The summed E-state index contributed by atoms with van der Waals surface area (Å²) in [6.45, 7) is 2.61. The Hall–Kier alpha value is -2.83. The first-order valence-electron chi connectivity index (χ1n) is 9.90. The van der Waals surface area contributed by atoms with Gasteiger partial charge in [0.25, 0.3) is 10.0 Å². The second-order valence-electron chi connectivity index (χ2n) is 7.44. The number of aromatic nitrogens is 1. The molecule has 2 aromatic carbocycles. The molecule has 174 valence electrons. The van der Waals surface area contributed by atoms with Gasteiger partial charge in [-0.25, -0.2) is 25.9 Å². The van der Waals surface area contributed by atoms with E-state index in [9.17, 15) is 21.6 Å². The molecule has 3 rings (SSSR count). The van der Waals surface area contributed by atoms with E-state index in [1.165, 1.54) is 62.1 Å². The fraction of sp³-hybridized carbons (Fsp3) is 0.350. The summed E-state index contributed by atoms with van der Waals surface area (Å²) in [6, 6.07) is 8.31. The van der Waals surface area contributed by atoms with E-state index in [1.54, 1.807) is 0 Å². The van der Waals surface area contributed by atoms with Crippen LogP contribution in [0.2, 0.25) is 0 Å². The van der Waals surface area contributed by atoms with Gasteiger partial charge >= 0.3 is 5.76 Å². The number of unbranched alkanes of at least 4 members (excludes halogenated alkanes) is 1. The molecule has 0 spiro atoms. The third-order valence-electron chi connectivity index (χ3n) is 4.93. The maximum absolute atomic E-state index is 13.1. The van der Waals surface area contributed by atoms with Crippen LogP contribution in [0.1, 0.15) is 19.8 Å². The molecule has 2 N–H and O–H groups in total. The van der Waals surface area contributed by atoms with Crippen molar-refractivity contribution in [1.29, 1.82) is 0 Å². The summed E-state index contributed by atoms with van der Waals surface area (Å²) >= 11 is 0. The monoisotopic (exact) mass is 482 g/mol. The van der Waals surface area contributed by atoms with E-state index in [0.29, 0.717) is 17.7 Å². The molecule has 1 aromatic heterocycles. The lowest BCUT2D eigenvalue weighted by molar-refractivity contribution is 0.520. The second kappa shape index (κ2) is 8.96. The first-order valence-corrected chi connectivity index (χ1v) is 12.8. The summed E-state index contributed by atoms with van der Waals surface area (Å²) in [7, 11) is -3.57. The number of aryl methyl sites for hydroxylation is 1. The standard InChI is InChI=1S/C20H26N4O6S2/c1-5-6-11-21-16-9-7-15(32(28,29)23(2)3)12-17(16)22-31(26,27)14-8-10-18-19(13-14)30-20(25)24(18)4/h7-10,12-13,21-22H,5-6,11H2,1-4H3. The molecule has 0 bridgehead atoms. The number of hydrogen-bond acceptors (Lipinski definition) is 7. The van der Waals surface area contributed by atoms with Crippen LogP contribution in [-0.4, -0.2) is 46.3 Å². The van der Waals surface area contributed by atoms with E-state index in [0.717, 1.165) is 17.1 Å². The molecule has 12 heteroatoms. The predicted octanol–water partition coefficient (Wildman–Crippen LogP) is 2.39. The highest BCUT2D eigenvalue weighted by Crippen LogP contribution is 2.29. The zero-order valence-electron chi connectivity index (χ0n) is 18.2. The third kappa shape index (κ3) is 4.66. The number of nitrogens with one attached hydrogen (secondary N) is 2. The van der Waals surface area contributed by atoms with E-state index < -0.39 is 25.8 Å². The minimum absolute atomic E-state index is 0.0502. The molecule has 0 aliphatic rings. The lowest BCUT2D eigenvalue weighted by Gasteiger charge is -2.17. The molecule has 0 amide bonds. The van der Waals surface area contributed by atoms with Gasteiger partial charge in [-0.05, 0) is 36.8 Å². The highest BCUT2D eigenvalue weighted by molar-refractivity contribution is 7.92. The van der Waals surface area contributed by atoms with Gasteiger partial charge in [0, 0.05) is 33.8 Å². The van der Waals surface area contributed by atoms with Crippen LogP contribution >= 0.6 is 0 Å². The van der Waals surface area contributed by atoms with Crippen LogP contribution in [-0.2, 0) is 27.1 Å². The number of hydrogen-bond donors (Lipinski definition) is 2. The molecular formula is C20H26N4O6S2. The SMILES string of the molecule is CCCCNc1ccc(S(=O)(=O)N(C)C)cc1NS(=O)(=O)c1ccc2c(c1)oc(=O)n2C. The summed E-state index contributed by atoms with van der Waals surface area (Å²) in [5.74, 6) is -0.605. The van der Waals surface area contributed by atoms with E-state index >= 15 is 0 Å². The van der Waals surface area contributed by atoms with Crippen LogP contribution in [0.5, 0.6) is 0 Å². The van der Waals surface area contributed by atoms with E-state index in [1.807, 2.05) is 6.92 Å². The van der Waals surface area contributed by atoms with Crippen LogP contribution in [0.4, 0.5) is 11.4 Å². The number of oxazole rings is 1. The van der Waals surface area contributed by atoms with Crippen molar-refractivity contribution < 1.29 is 21.3 Å². The summed E-state index contributed by atoms with van der Waals surface area (Å²) in [6.07, 6.45) is 1.79. The molecule has 3 aromatic rings. The molecule has 1 heterocycles. The number of rotatable bonds is 9. The summed E-state index contributed by atoms with van der Waals surface area (Å²) in [4.78, 5) is 11.5.